The number of rotatable bonds is 5. The second-order valence-corrected chi connectivity index (χ2v) is 8.79. The molecule has 0 bridgehead atoms. The van der Waals surface area contributed by atoms with Crippen LogP contribution in [0.1, 0.15) is 43.5 Å². The molecule has 146 valence electrons. The van der Waals surface area contributed by atoms with Crippen LogP contribution in [0, 0.1) is 6.92 Å². The van der Waals surface area contributed by atoms with E-state index in [1.807, 2.05) is 37.3 Å². The van der Waals surface area contributed by atoms with E-state index in [-0.39, 0.29) is 11.3 Å². The normalized spacial score (nSPS) is 13.1. The molecule has 7 heteroatoms. The minimum Gasteiger partial charge on any atom is -0.444 e. The Morgan fingerprint density at radius 3 is 2.33 bits per heavy atom. The van der Waals surface area contributed by atoms with Gasteiger partial charge in [-0.2, -0.15) is 8.42 Å². The number of carbonyl (C=O) groups is 1. The van der Waals surface area contributed by atoms with Crippen LogP contribution < -0.4 is 5.32 Å². The average molecular weight is 391 g/mol. The van der Waals surface area contributed by atoms with Gasteiger partial charge in [0.25, 0.3) is 10.1 Å². The molecule has 6 nitrogen and oxygen atoms in total. The van der Waals surface area contributed by atoms with Crippen LogP contribution in [0.25, 0.3) is 0 Å². The molecule has 0 aliphatic rings. The summed E-state index contributed by atoms with van der Waals surface area (Å²) in [5.41, 5.74) is 1.41. The smallest absolute Gasteiger partial charge is 0.408 e. The van der Waals surface area contributed by atoms with Gasteiger partial charge in [0.2, 0.25) is 0 Å². The monoisotopic (exact) mass is 391 g/mol. The molecule has 0 radical (unpaired) electrons. The standard InChI is InChI=1S/C20H25NO5S/c1-14-10-11-18(27(23,24)25)16(12-14)13-17(15-8-6-5-7-9-15)21-19(22)26-20(2,3)4/h5-12,17H,13H2,1-4H3,(H,21,22)(H,23,24,25). The lowest BCUT2D eigenvalue weighted by Crippen LogP contribution is -2.36. The fraction of sp³-hybridized carbons (Fsp3) is 0.350. The van der Waals surface area contributed by atoms with Gasteiger partial charge < -0.3 is 10.1 Å². The summed E-state index contributed by atoms with van der Waals surface area (Å²) in [6.45, 7) is 7.12. The molecule has 2 aromatic carbocycles. The average Bonchev–Trinajstić information content (AvgIpc) is 2.52. The summed E-state index contributed by atoms with van der Waals surface area (Å²) in [4.78, 5) is 12.1. The molecule has 0 saturated carbocycles. The van der Waals surface area contributed by atoms with E-state index in [2.05, 4.69) is 5.32 Å². The predicted molar refractivity (Wildman–Crippen MR) is 103 cm³/mol. The molecule has 0 aromatic heterocycles. The van der Waals surface area contributed by atoms with Gasteiger partial charge in [-0.15, -0.1) is 0 Å². The van der Waals surface area contributed by atoms with E-state index in [1.54, 1.807) is 32.9 Å². The highest BCUT2D eigenvalue weighted by Crippen LogP contribution is 2.25. The zero-order chi connectivity index (χ0) is 20.2. The van der Waals surface area contributed by atoms with Crippen molar-refractivity contribution < 1.29 is 22.5 Å². The molecule has 0 fully saturated rings. The largest absolute Gasteiger partial charge is 0.444 e. The van der Waals surface area contributed by atoms with E-state index in [1.165, 1.54) is 6.07 Å². The van der Waals surface area contributed by atoms with Gasteiger partial charge in [0, 0.05) is 0 Å². The number of carbonyl (C=O) groups excluding carboxylic acids is 1. The number of ether oxygens (including phenoxy) is 1. The Morgan fingerprint density at radius 2 is 1.78 bits per heavy atom. The number of amides is 1. The number of alkyl carbamates (subject to hydrolysis) is 1. The third-order valence-corrected chi connectivity index (χ3v) is 4.76. The summed E-state index contributed by atoms with van der Waals surface area (Å²) < 4.78 is 38.3. The Labute approximate surface area is 160 Å². The molecule has 0 aliphatic heterocycles. The van der Waals surface area contributed by atoms with Gasteiger partial charge in [-0.1, -0.05) is 48.0 Å². The molecule has 0 spiro atoms. The molecule has 0 aliphatic carbocycles. The second-order valence-electron chi connectivity index (χ2n) is 7.40. The maximum Gasteiger partial charge on any atom is 0.408 e. The van der Waals surface area contributed by atoms with Crippen molar-refractivity contribution >= 4 is 16.2 Å². The molecule has 0 saturated heterocycles. The molecular formula is C20H25NO5S. The summed E-state index contributed by atoms with van der Waals surface area (Å²) in [6, 6.07) is 13.3. The van der Waals surface area contributed by atoms with Crippen LogP contribution in [0.15, 0.2) is 53.4 Å². The van der Waals surface area contributed by atoms with Crippen LogP contribution in [-0.4, -0.2) is 24.7 Å². The maximum atomic E-state index is 12.3. The van der Waals surface area contributed by atoms with Crippen molar-refractivity contribution in [1.29, 1.82) is 0 Å². The minimum absolute atomic E-state index is 0.167. The van der Waals surface area contributed by atoms with E-state index in [0.717, 1.165) is 11.1 Å². The van der Waals surface area contributed by atoms with Crippen molar-refractivity contribution in [3.05, 3.63) is 65.2 Å². The molecule has 2 N–H and O–H groups in total. The van der Waals surface area contributed by atoms with E-state index in [9.17, 15) is 17.8 Å². The van der Waals surface area contributed by atoms with Crippen LogP contribution in [0.3, 0.4) is 0 Å². The van der Waals surface area contributed by atoms with Crippen LogP contribution in [0.2, 0.25) is 0 Å². The molecule has 1 atom stereocenters. The lowest BCUT2D eigenvalue weighted by Gasteiger charge is -2.24. The second kappa shape index (κ2) is 8.10. The van der Waals surface area contributed by atoms with Crippen molar-refractivity contribution in [3.8, 4) is 0 Å². The van der Waals surface area contributed by atoms with Crippen LogP contribution >= 0.6 is 0 Å². The van der Waals surface area contributed by atoms with E-state index in [4.69, 9.17) is 4.74 Å². The summed E-state index contributed by atoms with van der Waals surface area (Å²) in [6.07, 6.45) is -0.419. The summed E-state index contributed by atoms with van der Waals surface area (Å²) >= 11 is 0. The van der Waals surface area contributed by atoms with E-state index in [0.29, 0.717) is 5.56 Å². The van der Waals surface area contributed by atoms with Crippen molar-refractivity contribution in [2.24, 2.45) is 0 Å². The Kier molecular flexibility index (Phi) is 6.28. The zero-order valence-electron chi connectivity index (χ0n) is 15.9. The van der Waals surface area contributed by atoms with Gasteiger partial charge in [0.05, 0.1) is 10.9 Å². The maximum absolute atomic E-state index is 12.3. The number of nitrogens with one attached hydrogen (secondary N) is 1. The molecule has 2 aromatic rings. The SMILES string of the molecule is Cc1ccc(S(=O)(=O)O)c(CC(NC(=O)OC(C)(C)C)c2ccccc2)c1. The highest BCUT2D eigenvalue weighted by Gasteiger charge is 2.23. The van der Waals surface area contributed by atoms with Gasteiger partial charge in [0.15, 0.2) is 0 Å². The van der Waals surface area contributed by atoms with Gasteiger partial charge in [-0.3, -0.25) is 4.55 Å². The van der Waals surface area contributed by atoms with Gasteiger partial charge in [0.1, 0.15) is 5.60 Å². The molecule has 0 heterocycles. The van der Waals surface area contributed by atoms with Crippen LogP contribution in [0.4, 0.5) is 4.79 Å². The lowest BCUT2D eigenvalue weighted by molar-refractivity contribution is 0.0503. The van der Waals surface area contributed by atoms with E-state index >= 15 is 0 Å². The molecule has 2 rings (SSSR count). The van der Waals surface area contributed by atoms with Crippen molar-refractivity contribution in [3.63, 3.8) is 0 Å². The van der Waals surface area contributed by atoms with Crippen molar-refractivity contribution in [2.45, 2.75) is 50.7 Å². The number of aryl methyl sites for hydroxylation is 1. The zero-order valence-corrected chi connectivity index (χ0v) is 16.7. The molecule has 1 amide bonds. The van der Waals surface area contributed by atoms with Crippen molar-refractivity contribution in [1.82, 2.24) is 5.32 Å². The number of hydrogen-bond donors (Lipinski definition) is 2. The Balaban J connectivity index is 2.39. The molecule has 27 heavy (non-hydrogen) atoms. The predicted octanol–water partition coefficient (Wildman–Crippen LogP) is 4.05. The third-order valence-electron chi connectivity index (χ3n) is 3.81. The fourth-order valence-electron chi connectivity index (χ4n) is 2.73. The fourth-order valence-corrected chi connectivity index (χ4v) is 3.44. The number of benzene rings is 2. The first-order chi connectivity index (χ1) is 12.5. The van der Waals surface area contributed by atoms with Gasteiger partial charge in [-0.05, 0) is 51.3 Å². The Morgan fingerprint density at radius 1 is 1.15 bits per heavy atom. The van der Waals surface area contributed by atoms with Gasteiger partial charge in [-0.25, -0.2) is 4.79 Å². The first-order valence-electron chi connectivity index (χ1n) is 8.57. The Hall–Kier alpha value is -2.38. The van der Waals surface area contributed by atoms with Crippen LogP contribution in [-0.2, 0) is 21.3 Å². The third kappa shape index (κ3) is 6.37. The lowest BCUT2D eigenvalue weighted by atomic mass is 9.98. The van der Waals surface area contributed by atoms with E-state index < -0.39 is 27.9 Å². The van der Waals surface area contributed by atoms with Gasteiger partial charge >= 0.3 is 6.09 Å². The molecular weight excluding hydrogens is 366 g/mol. The van der Waals surface area contributed by atoms with Crippen LogP contribution in [0.5, 0.6) is 0 Å². The summed E-state index contributed by atoms with van der Waals surface area (Å²) in [5.74, 6) is 0. The summed E-state index contributed by atoms with van der Waals surface area (Å²) in [5, 5.41) is 2.80. The highest BCUT2D eigenvalue weighted by molar-refractivity contribution is 7.85. The topological polar surface area (TPSA) is 92.7 Å². The minimum atomic E-state index is -4.38. The number of hydrogen-bond acceptors (Lipinski definition) is 4. The first kappa shape index (κ1) is 20.9. The highest BCUT2D eigenvalue weighted by atomic mass is 32.2. The molecule has 1 unspecified atom stereocenters. The quantitative estimate of drug-likeness (QED) is 0.750. The Bertz CT molecular complexity index is 902. The summed E-state index contributed by atoms with van der Waals surface area (Å²) in [7, 11) is -4.38. The first-order valence-corrected chi connectivity index (χ1v) is 10.0. The van der Waals surface area contributed by atoms with Crippen molar-refractivity contribution in [2.75, 3.05) is 0 Å².